The fourth-order valence-corrected chi connectivity index (χ4v) is 0. The largest absolute Gasteiger partial charge is 2.00 e. The maximum absolute atomic E-state index is 9.24. The van der Waals surface area contributed by atoms with Gasteiger partial charge < -0.3 is 52.9 Å². The Balaban J connectivity index is -0.0000000376. The van der Waals surface area contributed by atoms with Crippen LogP contribution < -0.4 is 33.1 Å². The van der Waals surface area contributed by atoms with E-state index in [0.717, 1.165) is 0 Å². The smallest absolute Gasteiger partial charge is 0.549 e. The molecule has 0 heterocycles. The number of carboxylic acids is 4. The SMILES string of the molecule is NCC(=O)O.NCC(=O)O.NCC(=O)[O-].NCC(=O)[O-].[Mg+2].[Zn]. The van der Waals surface area contributed by atoms with Gasteiger partial charge in [-0.25, -0.2) is 0 Å². The van der Waals surface area contributed by atoms with Crippen molar-refractivity contribution in [3.05, 3.63) is 0 Å². The summed E-state index contributed by atoms with van der Waals surface area (Å²) in [6, 6.07) is 0. The Hall–Kier alpha value is -0.890. The fourth-order valence-electron chi connectivity index (χ4n) is 0. The van der Waals surface area contributed by atoms with Crippen molar-refractivity contribution in [2.24, 2.45) is 22.9 Å². The number of hydrogen-bond acceptors (Lipinski definition) is 10. The zero-order valence-electron chi connectivity index (χ0n) is 11.9. The van der Waals surface area contributed by atoms with E-state index in [2.05, 4.69) is 22.9 Å². The molecule has 0 aromatic heterocycles. The molecule has 0 saturated carbocycles. The van der Waals surface area contributed by atoms with Crippen molar-refractivity contribution in [2.75, 3.05) is 26.2 Å². The van der Waals surface area contributed by atoms with Gasteiger partial charge in [0.2, 0.25) is 0 Å². The summed E-state index contributed by atoms with van der Waals surface area (Å²) in [5, 5.41) is 33.5. The first-order valence-corrected chi connectivity index (χ1v) is 4.72. The molecule has 0 aromatic carbocycles. The second-order valence-electron chi connectivity index (χ2n) is 2.35. The average Bonchev–Trinajstić information content (AvgIpc) is 2.40. The maximum atomic E-state index is 9.24. The Labute approximate surface area is 155 Å². The van der Waals surface area contributed by atoms with E-state index in [-0.39, 0.29) is 68.7 Å². The number of nitrogens with two attached hydrogens (primary N) is 4. The van der Waals surface area contributed by atoms with E-state index in [0.29, 0.717) is 0 Å². The van der Waals surface area contributed by atoms with Crippen molar-refractivity contribution >= 4 is 46.9 Å². The van der Waals surface area contributed by atoms with Crippen molar-refractivity contribution in [1.82, 2.24) is 0 Å². The number of carbonyl (C=O) groups excluding carboxylic acids is 2. The molecule has 12 nitrogen and oxygen atoms in total. The van der Waals surface area contributed by atoms with Crippen LogP contribution in [0.4, 0.5) is 0 Å². The van der Waals surface area contributed by atoms with Crippen LogP contribution in [-0.4, -0.2) is 83.3 Å². The fraction of sp³-hybridized carbons (Fsp3) is 0.500. The summed E-state index contributed by atoms with van der Waals surface area (Å²) in [5.41, 5.74) is 18.2. The van der Waals surface area contributed by atoms with Crippen LogP contribution in [-0.2, 0) is 38.7 Å². The van der Waals surface area contributed by atoms with Crippen LogP contribution in [0.5, 0.6) is 0 Å². The van der Waals surface area contributed by atoms with Gasteiger partial charge >= 0.3 is 35.0 Å². The summed E-state index contributed by atoms with van der Waals surface area (Å²) in [4.78, 5) is 36.8. The van der Waals surface area contributed by atoms with Crippen molar-refractivity contribution in [3.63, 3.8) is 0 Å². The van der Waals surface area contributed by atoms with Crippen molar-refractivity contribution in [3.8, 4) is 0 Å². The summed E-state index contributed by atoms with van der Waals surface area (Å²) < 4.78 is 0. The minimum Gasteiger partial charge on any atom is -0.549 e. The van der Waals surface area contributed by atoms with Gasteiger partial charge in [0, 0.05) is 32.6 Å². The molecule has 0 unspecified atom stereocenters. The molecule has 14 heteroatoms. The van der Waals surface area contributed by atoms with Crippen molar-refractivity contribution < 1.29 is 59.1 Å². The van der Waals surface area contributed by atoms with E-state index in [9.17, 15) is 9.59 Å². The molecule has 0 bridgehead atoms. The van der Waals surface area contributed by atoms with Gasteiger partial charge in [0.05, 0.1) is 25.0 Å². The Bertz CT molecular complexity index is 239. The molecule has 0 aliphatic carbocycles. The normalized spacial score (nSPS) is 6.73. The van der Waals surface area contributed by atoms with E-state index in [1.54, 1.807) is 0 Å². The molecule has 122 valence electrons. The average molecular weight is 388 g/mol. The number of rotatable bonds is 4. The number of carboxylic acid groups (broad SMARTS) is 4. The van der Waals surface area contributed by atoms with Crippen molar-refractivity contribution in [1.29, 1.82) is 0 Å². The van der Waals surface area contributed by atoms with Crippen LogP contribution in [0.1, 0.15) is 0 Å². The van der Waals surface area contributed by atoms with Gasteiger partial charge in [-0.15, -0.1) is 0 Å². The first-order valence-electron chi connectivity index (χ1n) is 4.72. The molecule has 10 N–H and O–H groups in total. The monoisotopic (exact) mass is 386 g/mol. The quantitative estimate of drug-likeness (QED) is 0.246. The van der Waals surface area contributed by atoms with Gasteiger partial charge in [0.1, 0.15) is 0 Å². The van der Waals surface area contributed by atoms with Crippen LogP contribution in [0.25, 0.3) is 0 Å². The molecule has 0 aliphatic heterocycles. The molecule has 0 amide bonds. The third kappa shape index (κ3) is 124. The predicted octanol–water partition coefficient (Wildman–Crippen LogP) is -6.93. The Morgan fingerprint density at radius 2 is 0.773 bits per heavy atom. The van der Waals surface area contributed by atoms with Gasteiger partial charge in [0.15, 0.2) is 0 Å². The molecule has 0 aliphatic rings. The summed E-state index contributed by atoms with van der Waals surface area (Å²) >= 11 is 0. The van der Waals surface area contributed by atoms with Crippen LogP contribution in [0.2, 0.25) is 0 Å². The van der Waals surface area contributed by atoms with E-state index in [4.69, 9.17) is 30.0 Å². The van der Waals surface area contributed by atoms with Gasteiger partial charge in [-0.2, -0.15) is 0 Å². The van der Waals surface area contributed by atoms with Gasteiger partial charge in [-0.3, -0.25) is 9.59 Å². The molecular formula is C8H18MgN4O8Zn. The molecular weight excluding hydrogens is 370 g/mol. The summed E-state index contributed by atoms with van der Waals surface area (Å²) in [6.07, 6.45) is 0. The van der Waals surface area contributed by atoms with Crippen LogP contribution in [0.3, 0.4) is 0 Å². The van der Waals surface area contributed by atoms with Gasteiger partial charge in [0.25, 0.3) is 0 Å². The molecule has 0 rings (SSSR count). The summed E-state index contributed by atoms with van der Waals surface area (Å²) in [6.45, 7) is -1.33. The van der Waals surface area contributed by atoms with Gasteiger partial charge in [-0.05, 0) is 0 Å². The van der Waals surface area contributed by atoms with Crippen LogP contribution >= 0.6 is 0 Å². The molecule has 0 radical (unpaired) electrons. The summed E-state index contributed by atoms with van der Waals surface area (Å²) in [7, 11) is 0. The minimum absolute atomic E-state index is 0. The Morgan fingerprint density at radius 1 is 0.682 bits per heavy atom. The van der Waals surface area contributed by atoms with E-state index in [1.165, 1.54) is 0 Å². The number of hydrogen-bond donors (Lipinski definition) is 6. The molecule has 0 atom stereocenters. The second-order valence-corrected chi connectivity index (χ2v) is 2.35. The zero-order chi connectivity index (χ0) is 17.1. The summed E-state index contributed by atoms with van der Waals surface area (Å²) in [5.74, 6) is -4.37. The molecule has 0 spiro atoms. The molecule has 0 saturated heterocycles. The second kappa shape index (κ2) is 32.2. The third-order valence-electron chi connectivity index (χ3n) is 0.683. The predicted molar refractivity (Wildman–Crippen MR) is 67.3 cm³/mol. The molecule has 22 heavy (non-hydrogen) atoms. The van der Waals surface area contributed by atoms with Gasteiger partial charge in [-0.1, -0.05) is 0 Å². The number of aliphatic carboxylic acids is 4. The molecule has 0 aromatic rings. The Kier molecular flexibility index (Phi) is 54.7. The van der Waals surface area contributed by atoms with E-state index >= 15 is 0 Å². The minimum atomic E-state index is -1.22. The first kappa shape index (κ1) is 37.4. The number of carbonyl (C=O) groups is 4. The third-order valence-corrected chi connectivity index (χ3v) is 0.683. The zero-order valence-corrected chi connectivity index (χ0v) is 16.3. The molecule has 0 fully saturated rings. The van der Waals surface area contributed by atoms with E-state index < -0.39 is 23.9 Å². The Morgan fingerprint density at radius 3 is 0.773 bits per heavy atom. The maximum Gasteiger partial charge on any atom is 2.00 e. The standard InChI is InChI=1S/4C2H5NO2.Mg.Zn/c4*3-1-2(4)5;;/h4*1,3H2,(H,4,5);;/q;;;;+2;/p-2. The topological polar surface area (TPSA) is 259 Å². The van der Waals surface area contributed by atoms with Crippen LogP contribution in [0, 0.1) is 0 Å². The van der Waals surface area contributed by atoms with E-state index in [1.807, 2.05) is 0 Å². The first-order chi connectivity index (χ1) is 9.08. The van der Waals surface area contributed by atoms with Crippen molar-refractivity contribution in [2.45, 2.75) is 0 Å². The van der Waals surface area contributed by atoms with Crippen LogP contribution in [0.15, 0.2) is 0 Å².